The van der Waals surface area contributed by atoms with Gasteiger partial charge in [0.1, 0.15) is 0 Å². The number of benzene rings is 1. The van der Waals surface area contributed by atoms with Crippen LogP contribution in [-0.4, -0.2) is 9.97 Å². The zero-order chi connectivity index (χ0) is 19.6. The van der Waals surface area contributed by atoms with Gasteiger partial charge in [-0.2, -0.15) is 0 Å². The Morgan fingerprint density at radius 1 is 0.893 bits per heavy atom. The van der Waals surface area contributed by atoms with E-state index in [1.165, 1.54) is 88.3 Å². The van der Waals surface area contributed by atoms with Gasteiger partial charge in [-0.25, -0.2) is 9.97 Å². The first-order valence-electron chi connectivity index (χ1n) is 11.7. The molecule has 1 fully saturated rings. The first kappa shape index (κ1) is 21.0. The highest BCUT2D eigenvalue weighted by atomic mass is 14.9. The fourth-order valence-corrected chi connectivity index (χ4v) is 4.51. The van der Waals surface area contributed by atoms with Crippen molar-refractivity contribution < 1.29 is 0 Å². The van der Waals surface area contributed by atoms with Gasteiger partial charge >= 0.3 is 0 Å². The summed E-state index contributed by atoms with van der Waals surface area (Å²) in [7, 11) is 0. The molecule has 1 aliphatic carbocycles. The zero-order valence-electron chi connectivity index (χ0n) is 18.0. The molecule has 152 valence electrons. The fourth-order valence-electron chi connectivity index (χ4n) is 4.51. The summed E-state index contributed by atoms with van der Waals surface area (Å²) in [5.41, 5.74) is 3.83. The van der Waals surface area contributed by atoms with Crippen molar-refractivity contribution in [1.29, 1.82) is 0 Å². The molecule has 2 heteroatoms. The molecule has 0 N–H and O–H groups in total. The maximum absolute atomic E-state index is 4.90. The van der Waals surface area contributed by atoms with Gasteiger partial charge in [0, 0.05) is 17.5 Å². The summed E-state index contributed by atoms with van der Waals surface area (Å²) in [5.74, 6) is 2.14. The summed E-state index contributed by atoms with van der Waals surface area (Å²) in [6.45, 7) is 4.59. The first-order chi connectivity index (χ1) is 13.8. The lowest BCUT2D eigenvalue weighted by molar-refractivity contribution is 0.443. The van der Waals surface area contributed by atoms with Gasteiger partial charge in [0.2, 0.25) is 0 Å². The molecule has 2 aromatic rings. The number of nitrogens with zero attached hydrogens (tertiary/aromatic N) is 2. The lowest BCUT2D eigenvalue weighted by atomic mass is 9.84. The summed E-state index contributed by atoms with van der Waals surface area (Å²) in [5, 5.41) is 0. The Labute approximate surface area is 172 Å². The summed E-state index contributed by atoms with van der Waals surface area (Å²) in [6.07, 6.45) is 18.2. The highest BCUT2D eigenvalue weighted by molar-refractivity contribution is 5.55. The SMILES string of the molecule is CCCCCCCCC(C)c1ccnc(-c2ccc(C3CCCCC3)cc2)n1. The van der Waals surface area contributed by atoms with Crippen LogP contribution < -0.4 is 0 Å². The summed E-state index contributed by atoms with van der Waals surface area (Å²) < 4.78 is 0. The molecule has 28 heavy (non-hydrogen) atoms. The third kappa shape index (κ3) is 6.15. The van der Waals surface area contributed by atoms with Gasteiger partial charge in [-0.1, -0.05) is 95.9 Å². The molecule has 1 aromatic carbocycles. The Morgan fingerprint density at radius 2 is 1.61 bits per heavy atom. The molecule has 0 amide bonds. The van der Waals surface area contributed by atoms with Gasteiger partial charge in [0.25, 0.3) is 0 Å². The van der Waals surface area contributed by atoms with Crippen LogP contribution in [0.1, 0.15) is 114 Å². The average Bonchev–Trinajstić information content (AvgIpc) is 2.77. The van der Waals surface area contributed by atoms with Gasteiger partial charge in [-0.05, 0) is 42.7 Å². The summed E-state index contributed by atoms with van der Waals surface area (Å²) >= 11 is 0. The number of rotatable bonds is 10. The summed E-state index contributed by atoms with van der Waals surface area (Å²) in [4.78, 5) is 9.46. The third-order valence-electron chi connectivity index (χ3n) is 6.42. The minimum absolute atomic E-state index is 0.509. The predicted molar refractivity (Wildman–Crippen MR) is 120 cm³/mol. The van der Waals surface area contributed by atoms with Crippen LogP contribution in [0, 0.1) is 0 Å². The molecule has 1 saturated carbocycles. The van der Waals surface area contributed by atoms with Crippen molar-refractivity contribution in [3.8, 4) is 11.4 Å². The smallest absolute Gasteiger partial charge is 0.159 e. The molecule has 2 nitrogen and oxygen atoms in total. The van der Waals surface area contributed by atoms with Crippen LogP contribution in [0.25, 0.3) is 11.4 Å². The largest absolute Gasteiger partial charge is 0.237 e. The molecule has 0 radical (unpaired) electrons. The maximum Gasteiger partial charge on any atom is 0.159 e. The van der Waals surface area contributed by atoms with E-state index in [2.05, 4.69) is 49.2 Å². The molecular formula is C26H38N2. The van der Waals surface area contributed by atoms with E-state index in [-0.39, 0.29) is 0 Å². The quantitative estimate of drug-likeness (QED) is 0.391. The molecular weight excluding hydrogens is 340 g/mol. The van der Waals surface area contributed by atoms with Crippen LogP contribution in [0.3, 0.4) is 0 Å². The number of unbranched alkanes of at least 4 members (excludes halogenated alkanes) is 5. The molecule has 1 unspecified atom stereocenters. The van der Waals surface area contributed by atoms with Crippen molar-refractivity contribution in [3.05, 3.63) is 47.8 Å². The molecule has 0 spiro atoms. The topological polar surface area (TPSA) is 25.8 Å². The molecule has 1 atom stereocenters. The van der Waals surface area contributed by atoms with E-state index >= 15 is 0 Å². The molecule has 1 aliphatic rings. The Balaban J connectivity index is 1.56. The monoisotopic (exact) mass is 378 g/mol. The molecule has 0 bridgehead atoms. The third-order valence-corrected chi connectivity index (χ3v) is 6.42. The average molecular weight is 379 g/mol. The van der Waals surface area contributed by atoms with E-state index in [0.717, 1.165) is 17.3 Å². The van der Waals surface area contributed by atoms with E-state index in [4.69, 9.17) is 4.98 Å². The van der Waals surface area contributed by atoms with E-state index in [0.29, 0.717) is 5.92 Å². The number of hydrogen-bond acceptors (Lipinski definition) is 2. The molecule has 1 aromatic heterocycles. The Kier molecular flexibility index (Phi) is 8.51. The summed E-state index contributed by atoms with van der Waals surface area (Å²) in [6, 6.07) is 11.2. The van der Waals surface area contributed by atoms with Gasteiger partial charge < -0.3 is 0 Å². The fraction of sp³-hybridized carbons (Fsp3) is 0.615. The molecule has 0 aliphatic heterocycles. The van der Waals surface area contributed by atoms with E-state index in [1.54, 1.807) is 0 Å². The van der Waals surface area contributed by atoms with Crippen molar-refractivity contribution in [3.63, 3.8) is 0 Å². The normalized spacial score (nSPS) is 16.2. The van der Waals surface area contributed by atoms with Crippen molar-refractivity contribution in [2.75, 3.05) is 0 Å². The van der Waals surface area contributed by atoms with Crippen LogP contribution in [0.2, 0.25) is 0 Å². The highest BCUT2D eigenvalue weighted by Gasteiger charge is 2.16. The van der Waals surface area contributed by atoms with Gasteiger partial charge in [-0.15, -0.1) is 0 Å². The van der Waals surface area contributed by atoms with Crippen LogP contribution in [0.4, 0.5) is 0 Å². The van der Waals surface area contributed by atoms with Crippen molar-refractivity contribution >= 4 is 0 Å². The minimum Gasteiger partial charge on any atom is -0.237 e. The molecule has 1 heterocycles. The lowest BCUT2D eigenvalue weighted by Crippen LogP contribution is -2.04. The molecule has 0 saturated heterocycles. The predicted octanol–water partition coefficient (Wildman–Crippen LogP) is 8.05. The van der Waals surface area contributed by atoms with Gasteiger partial charge in [0.05, 0.1) is 0 Å². The van der Waals surface area contributed by atoms with E-state index in [1.807, 2.05) is 6.20 Å². The van der Waals surface area contributed by atoms with E-state index in [9.17, 15) is 0 Å². The lowest BCUT2D eigenvalue weighted by Gasteiger charge is -2.22. The standard InChI is InChI=1S/C26H38N2/c1-3-4-5-6-7-9-12-21(2)25-19-20-27-26(28-25)24-17-15-23(16-18-24)22-13-10-8-11-14-22/h15-22H,3-14H2,1-2H3. The van der Waals surface area contributed by atoms with E-state index < -0.39 is 0 Å². The van der Waals surface area contributed by atoms with Crippen molar-refractivity contribution in [2.45, 2.75) is 103 Å². The maximum atomic E-state index is 4.90. The van der Waals surface area contributed by atoms with Crippen LogP contribution in [0.5, 0.6) is 0 Å². The van der Waals surface area contributed by atoms with Crippen LogP contribution in [-0.2, 0) is 0 Å². The first-order valence-corrected chi connectivity index (χ1v) is 11.7. The Hall–Kier alpha value is -1.70. The second-order valence-corrected chi connectivity index (χ2v) is 8.72. The highest BCUT2D eigenvalue weighted by Crippen LogP contribution is 2.33. The van der Waals surface area contributed by atoms with Gasteiger partial charge in [-0.3, -0.25) is 0 Å². The Bertz CT molecular complexity index is 686. The zero-order valence-corrected chi connectivity index (χ0v) is 18.0. The minimum atomic E-state index is 0.509. The van der Waals surface area contributed by atoms with Crippen molar-refractivity contribution in [1.82, 2.24) is 9.97 Å². The molecule has 3 rings (SSSR count). The van der Waals surface area contributed by atoms with Crippen LogP contribution >= 0.6 is 0 Å². The van der Waals surface area contributed by atoms with Crippen LogP contribution in [0.15, 0.2) is 36.5 Å². The number of hydrogen-bond donors (Lipinski definition) is 0. The number of aromatic nitrogens is 2. The second-order valence-electron chi connectivity index (χ2n) is 8.72. The van der Waals surface area contributed by atoms with Gasteiger partial charge in [0.15, 0.2) is 5.82 Å². The van der Waals surface area contributed by atoms with Crippen molar-refractivity contribution in [2.24, 2.45) is 0 Å². The second kappa shape index (κ2) is 11.3. The Morgan fingerprint density at radius 3 is 2.36 bits per heavy atom.